The number of hydrogen-bond donors (Lipinski definition) is 2. The van der Waals surface area contributed by atoms with Gasteiger partial charge in [0.05, 0.1) is 5.75 Å². The highest BCUT2D eigenvalue weighted by atomic mass is 32.2. The Morgan fingerprint density at radius 2 is 2.12 bits per heavy atom. The third kappa shape index (κ3) is 5.50. The number of amides is 1. The molecule has 24 heavy (non-hydrogen) atoms. The number of nitrogens with zero attached hydrogens (tertiary/aromatic N) is 1. The number of nitrogens with one attached hydrogen (secondary N) is 1. The number of carboxylic acid groups (broad SMARTS) is 1. The van der Waals surface area contributed by atoms with Crippen molar-refractivity contribution in [2.45, 2.75) is 19.4 Å². The highest BCUT2D eigenvalue weighted by Crippen LogP contribution is 2.14. The second-order valence-corrected chi connectivity index (χ2v) is 7.51. The van der Waals surface area contributed by atoms with Gasteiger partial charge in [-0.1, -0.05) is 12.1 Å². The molecule has 0 aliphatic carbocycles. The van der Waals surface area contributed by atoms with E-state index >= 15 is 0 Å². The van der Waals surface area contributed by atoms with Crippen molar-refractivity contribution in [2.24, 2.45) is 0 Å². The molecule has 0 bridgehead atoms. The van der Waals surface area contributed by atoms with Gasteiger partial charge in [-0.25, -0.2) is 17.5 Å². The SMILES string of the molecule is O=C(O)COc1cccc(CNC(=O)CCN2CCCS2(=O)=O)c1. The van der Waals surface area contributed by atoms with E-state index in [0.717, 1.165) is 5.56 Å². The summed E-state index contributed by atoms with van der Waals surface area (Å²) in [7, 11) is -3.18. The molecule has 8 nitrogen and oxygen atoms in total. The number of aliphatic carboxylic acids is 1. The summed E-state index contributed by atoms with van der Waals surface area (Å²) >= 11 is 0. The Kier molecular flexibility index (Phi) is 6.16. The van der Waals surface area contributed by atoms with Crippen LogP contribution in [0.2, 0.25) is 0 Å². The number of rotatable bonds is 8. The topological polar surface area (TPSA) is 113 Å². The van der Waals surface area contributed by atoms with Crippen LogP contribution in [0.4, 0.5) is 0 Å². The van der Waals surface area contributed by atoms with E-state index in [1.165, 1.54) is 4.31 Å². The zero-order valence-corrected chi connectivity index (χ0v) is 13.9. The minimum atomic E-state index is -3.18. The smallest absolute Gasteiger partial charge is 0.341 e. The summed E-state index contributed by atoms with van der Waals surface area (Å²) in [5, 5.41) is 11.3. The van der Waals surface area contributed by atoms with Crippen LogP contribution in [0.25, 0.3) is 0 Å². The first-order chi connectivity index (χ1) is 11.4. The quantitative estimate of drug-likeness (QED) is 0.688. The number of hydrogen-bond acceptors (Lipinski definition) is 5. The van der Waals surface area contributed by atoms with Crippen LogP contribution < -0.4 is 10.1 Å². The number of ether oxygens (including phenoxy) is 1. The molecule has 0 unspecified atom stereocenters. The summed E-state index contributed by atoms with van der Waals surface area (Å²) in [6.45, 7) is 0.491. The monoisotopic (exact) mass is 356 g/mol. The van der Waals surface area contributed by atoms with E-state index in [2.05, 4.69) is 5.32 Å². The fourth-order valence-corrected chi connectivity index (χ4v) is 3.88. The van der Waals surface area contributed by atoms with Gasteiger partial charge >= 0.3 is 5.97 Å². The molecule has 0 saturated carbocycles. The molecule has 1 aliphatic rings. The standard InChI is InChI=1S/C15H20N2O6S/c18-14(5-7-17-6-2-8-24(17,21)22)16-10-12-3-1-4-13(9-12)23-11-15(19)20/h1,3-4,9H,2,5-8,10-11H2,(H,16,18)(H,19,20). The summed E-state index contributed by atoms with van der Waals surface area (Å²) in [5.74, 6) is -0.746. The van der Waals surface area contributed by atoms with Crippen LogP contribution >= 0.6 is 0 Å². The van der Waals surface area contributed by atoms with Crippen molar-refractivity contribution in [2.75, 3.05) is 25.4 Å². The molecule has 0 aromatic heterocycles. The number of benzene rings is 1. The van der Waals surface area contributed by atoms with Crippen molar-refractivity contribution in [1.82, 2.24) is 9.62 Å². The molecule has 0 spiro atoms. The van der Waals surface area contributed by atoms with Crippen molar-refractivity contribution in [3.63, 3.8) is 0 Å². The molecule has 132 valence electrons. The molecule has 1 aromatic carbocycles. The van der Waals surface area contributed by atoms with Crippen molar-refractivity contribution >= 4 is 21.9 Å². The van der Waals surface area contributed by atoms with Crippen molar-refractivity contribution < 1.29 is 27.9 Å². The molecule has 9 heteroatoms. The van der Waals surface area contributed by atoms with Gasteiger partial charge in [-0.05, 0) is 24.1 Å². The molecule has 0 radical (unpaired) electrons. The first-order valence-corrected chi connectivity index (χ1v) is 9.16. The summed E-state index contributed by atoms with van der Waals surface area (Å²) in [6.07, 6.45) is 0.710. The minimum Gasteiger partial charge on any atom is -0.482 e. The van der Waals surface area contributed by atoms with E-state index < -0.39 is 22.6 Å². The van der Waals surface area contributed by atoms with Crippen LogP contribution in [-0.2, 0) is 26.2 Å². The Balaban J connectivity index is 1.77. The molecule has 2 N–H and O–H groups in total. The molecule has 1 heterocycles. The number of sulfonamides is 1. The third-order valence-electron chi connectivity index (χ3n) is 3.54. The molecule has 1 aromatic rings. The van der Waals surface area contributed by atoms with E-state index in [1.807, 2.05) is 0 Å². The lowest BCUT2D eigenvalue weighted by molar-refractivity contribution is -0.139. The predicted octanol–water partition coefficient (Wildman–Crippen LogP) is 0.192. The normalized spacial score (nSPS) is 16.7. The van der Waals surface area contributed by atoms with Crippen LogP contribution in [0.1, 0.15) is 18.4 Å². The largest absolute Gasteiger partial charge is 0.482 e. The lowest BCUT2D eigenvalue weighted by Crippen LogP contribution is -2.31. The van der Waals surface area contributed by atoms with Crippen LogP contribution in [-0.4, -0.2) is 55.2 Å². The Morgan fingerprint density at radius 3 is 2.79 bits per heavy atom. The van der Waals surface area contributed by atoms with Gasteiger partial charge in [0.15, 0.2) is 6.61 Å². The van der Waals surface area contributed by atoms with Crippen LogP contribution in [0, 0.1) is 0 Å². The average Bonchev–Trinajstić information content (AvgIpc) is 2.88. The first kappa shape index (κ1) is 18.2. The highest BCUT2D eigenvalue weighted by Gasteiger charge is 2.27. The van der Waals surface area contributed by atoms with E-state index in [-0.39, 0.29) is 31.2 Å². The first-order valence-electron chi connectivity index (χ1n) is 7.55. The molecule has 2 rings (SSSR count). The maximum Gasteiger partial charge on any atom is 0.341 e. The molecule has 1 amide bonds. The van der Waals surface area contributed by atoms with Gasteiger partial charge in [-0.3, -0.25) is 4.79 Å². The van der Waals surface area contributed by atoms with Gasteiger partial charge in [-0.2, -0.15) is 0 Å². The van der Waals surface area contributed by atoms with Crippen molar-refractivity contribution in [1.29, 1.82) is 0 Å². The van der Waals surface area contributed by atoms with E-state index in [0.29, 0.717) is 18.7 Å². The fourth-order valence-electron chi connectivity index (χ4n) is 2.35. The van der Waals surface area contributed by atoms with E-state index in [9.17, 15) is 18.0 Å². The molecule has 0 atom stereocenters. The second-order valence-electron chi connectivity index (χ2n) is 5.43. The third-order valence-corrected chi connectivity index (χ3v) is 5.50. The molecular formula is C15H20N2O6S. The van der Waals surface area contributed by atoms with Gasteiger partial charge in [0.25, 0.3) is 0 Å². The number of carboxylic acids is 1. The van der Waals surface area contributed by atoms with E-state index in [1.54, 1.807) is 24.3 Å². The van der Waals surface area contributed by atoms with E-state index in [4.69, 9.17) is 9.84 Å². The average molecular weight is 356 g/mol. The van der Waals surface area contributed by atoms with Crippen molar-refractivity contribution in [3.05, 3.63) is 29.8 Å². The van der Waals surface area contributed by atoms with Gasteiger partial charge in [0.2, 0.25) is 15.9 Å². The molecule has 1 fully saturated rings. The fraction of sp³-hybridized carbons (Fsp3) is 0.467. The number of carbonyl (C=O) groups is 2. The molecule has 1 saturated heterocycles. The predicted molar refractivity (Wildman–Crippen MR) is 86.0 cm³/mol. The maximum atomic E-state index is 11.8. The Bertz CT molecular complexity index is 704. The zero-order chi connectivity index (χ0) is 17.6. The van der Waals surface area contributed by atoms with Crippen LogP contribution in [0.15, 0.2) is 24.3 Å². The summed E-state index contributed by atoms with van der Waals surface area (Å²) in [6, 6.07) is 6.76. The lowest BCUT2D eigenvalue weighted by atomic mass is 10.2. The van der Waals surface area contributed by atoms with Gasteiger partial charge in [-0.15, -0.1) is 0 Å². The maximum absolute atomic E-state index is 11.8. The van der Waals surface area contributed by atoms with Crippen LogP contribution in [0.3, 0.4) is 0 Å². The molecular weight excluding hydrogens is 336 g/mol. The molecule has 1 aliphatic heterocycles. The minimum absolute atomic E-state index is 0.106. The Morgan fingerprint density at radius 1 is 1.33 bits per heavy atom. The lowest BCUT2D eigenvalue weighted by Gasteiger charge is -2.14. The Labute approximate surface area is 140 Å². The summed E-state index contributed by atoms with van der Waals surface area (Å²) < 4.78 is 29.7. The van der Waals surface area contributed by atoms with Gasteiger partial charge in [0, 0.05) is 26.1 Å². The number of carbonyl (C=O) groups excluding carboxylic acids is 1. The summed E-state index contributed by atoms with van der Waals surface area (Å²) in [4.78, 5) is 22.3. The zero-order valence-electron chi connectivity index (χ0n) is 13.1. The van der Waals surface area contributed by atoms with Gasteiger partial charge in [0.1, 0.15) is 5.75 Å². The highest BCUT2D eigenvalue weighted by molar-refractivity contribution is 7.89. The van der Waals surface area contributed by atoms with Crippen molar-refractivity contribution in [3.8, 4) is 5.75 Å². The second kappa shape index (κ2) is 8.11. The van der Waals surface area contributed by atoms with Gasteiger partial charge < -0.3 is 15.2 Å². The Hall–Kier alpha value is -2.13. The summed E-state index contributed by atoms with van der Waals surface area (Å²) in [5.41, 5.74) is 0.764. The van der Waals surface area contributed by atoms with Crippen LogP contribution in [0.5, 0.6) is 5.75 Å².